The number of hydrogen-bond acceptors (Lipinski definition) is 4. The van der Waals surface area contributed by atoms with Crippen LogP contribution >= 0.6 is 0 Å². The lowest BCUT2D eigenvalue weighted by atomic mass is 10.1. The molecule has 4 heteroatoms. The fraction of sp³-hybridized carbons (Fsp3) is 0.214. The lowest BCUT2D eigenvalue weighted by Gasteiger charge is -2.04. The highest BCUT2D eigenvalue weighted by Gasteiger charge is 2.07. The van der Waals surface area contributed by atoms with E-state index in [0.29, 0.717) is 23.7 Å². The number of methoxy groups -OCH3 is 1. The minimum atomic E-state index is -0.0829. The summed E-state index contributed by atoms with van der Waals surface area (Å²) in [5.41, 5.74) is 0.578. The van der Waals surface area contributed by atoms with Crippen molar-refractivity contribution in [3.63, 3.8) is 0 Å². The molecule has 0 radical (unpaired) electrons. The van der Waals surface area contributed by atoms with Gasteiger partial charge in [-0.2, -0.15) is 0 Å². The number of Topliss-reactive ketones (excluding diaryl/α,β-unsaturated/α-hetero) is 1. The monoisotopic (exact) mass is 246 g/mol. The third-order valence-corrected chi connectivity index (χ3v) is 2.45. The molecule has 1 heterocycles. The second-order valence-electron chi connectivity index (χ2n) is 3.73. The van der Waals surface area contributed by atoms with Crippen molar-refractivity contribution in [2.24, 2.45) is 0 Å². The van der Waals surface area contributed by atoms with Crippen LogP contribution in [0.15, 0.2) is 47.1 Å². The molecular formula is C14H14O4. The molecule has 94 valence electrons. The van der Waals surface area contributed by atoms with Crippen LogP contribution in [0.1, 0.15) is 16.1 Å². The Morgan fingerprint density at radius 1 is 1.28 bits per heavy atom. The molecule has 0 aliphatic rings. The molecule has 0 atom stereocenters. The van der Waals surface area contributed by atoms with Crippen LogP contribution in [0.25, 0.3) is 0 Å². The van der Waals surface area contributed by atoms with Gasteiger partial charge in [-0.1, -0.05) is 12.1 Å². The Bertz CT molecular complexity index is 502. The Hall–Kier alpha value is -2.07. The summed E-state index contributed by atoms with van der Waals surface area (Å²) in [4.78, 5) is 11.8. The summed E-state index contributed by atoms with van der Waals surface area (Å²) in [7, 11) is 1.57. The van der Waals surface area contributed by atoms with Crippen molar-refractivity contribution in [2.75, 3.05) is 13.7 Å². The second kappa shape index (κ2) is 6.02. The van der Waals surface area contributed by atoms with Gasteiger partial charge in [-0.05, 0) is 24.3 Å². The highest BCUT2D eigenvalue weighted by Crippen LogP contribution is 2.13. The number of carbonyl (C=O) groups excluding carboxylic acids is 1. The number of carbonyl (C=O) groups is 1. The molecule has 0 saturated carbocycles. The molecule has 4 nitrogen and oxygen atoms in total. The molecule has 0 bridgehead atoms. The van der Waals surface area contributed by atoms with E-state index < -0.39 is 0 Å². The first-order valence-electron chi connectivity index (χ1n) is 5.57. The Balaban J connectivity index is 1.87. The molecule has 2 rings (SSSR count). The van der Waals surface area contributed by atoms with E-state index in [1.807, 2.05) is 0 Å². The van der Waals surface area contributed by atoms with E-state index in [9.17, 15) is 4.79 Å². The van der Waals surface area contributed by atoms with Crippen molar-refractivity contribution in [3.05, 3.63) is 54.0 Å². The SMILES string of the molecule is COc1cccc(C(=O)COCc2ccco2)c1. The van der Waals surface area contributed by atoms with Gasteiger partial charge in [-0.15, -0.1) is 0 Å². The van der Waals surface area contributed by atoms with Crippen LogP contribution in [0, 0.1) is 0 Å². The van der Waals surface area contributed by atoms with Crippen molar-refractivity contribution < 1.29 is 18.7 Å². The average Bonchev–Trinajstić information content (AvgIpc) is 2.92. The van der Waals surface area contributed by atoms with Gasteiger partial charge in [0.2, 0.25) is 0 Å². The number of ether oxygens (including phenoxy) is 2. The molecule has 1 aromatic carbocycles. The number of rotatable bonds is 6. The predicted octanol–water partition coefficient (Wildman–Crippen LogP) is 2.69. The molecule has 2 aromatic rings. The van der Waals surface area contributed by atoms with Gasteiger partial charge in [0.15, 0.2) is 5.78 Å². The number of hydrogen-bond donors (Lipinski definition) is 0. The second-order valence-corrected chi connectivity index (χ2v) is 3.73. The van der Waals surface area contributed by atoms with Crippen molar-refractivity contribution in [2.45, 2.75) is 6.61 Å². The summed E-state index contributed by atoms with van der Waals surface area (Å²) >= 11 is 0. The first-order chi connectivity index (χ1) is 8.79. The van der Waals surface area contributed by atoms with Gasteiger partial charge in [-0.3, -0.25) is 4.79 Å². The zero-order valence-corrected chi connectivity index (χ0v) is 10.1. The predicted molar refractivity (Wildman–Crippen MR) is 65.7 cm³/mol. The summed E-state index contributed by atoms with van der Waals surface area (Å²) in [6.45, 7) is 0.316. The number of ketones is 1. The van der Waals surface area contributed by atoms with Crippen molar-refractivity contribution in [3.8, 4) is 5.75 Å². The minimum Gasteiger partial charge on any atom is -0.497 e. The van der Waals surface area contributed by atoms with E-state index in [1.54, 1.807) is 49.8 Å². The van der Waals surface area contributed by atoms with Crippen molar-refractivity contribution >= 4 is 5.78 Å². The molecule has 0 aliphatic heterocycles. The van der Waals surface area contributed by atoms with Gasteiger partial charge >= 0.3 is 0 Å². The third kappa shape index (κ3) is 3.21. The average molecular weight is 246 g/mol. The summed E-state index contributed by atoms with van der Waals surface area (Å²) in [5.74, 6) is 1.28. The van der Waals surface area contributed by atoms with Gasteiger partial charge in [0.1, 0.15) is 24.7 Å². The minimum absolute atomic E-state index is 0.0217. The van der Waals surface area contributed by atoms with E-state index in [2.05, 4.69) is 0 Å². The zero-order valence-electron chi connectivity index (χ0n) is 10.1. The van der Waals surface area contributed by atoms with Crippen LogP contribution in [-0.2, 0) is 11.3 Å². The molecular weight excluding hydrogens is 232 g/mol. The van der Waals surface area contributed by atoms with E-state index in [-0.39, 0.29) is 12.4 Å². The molecule has 0 spiro atoms. The molecule has 0 unspecified atom stereocenters. The number of furan rings is 1. The van der Waals surface area contributed by atoms with Gasteiger partial charge < -0.3 is 13.9 Å². The first kappa shape index (κ1) is 12.4. The van der Waals surface area contributed by atoms with Crippen molar-refractivity contribution in [1.82, 2.24) is 0 Å². The lowest BCUT2D eigenvalue weighted by molar-refractivity contribution is 0.0691. The Morgan fingerprint density at radius 2 is 2.17 bits per heavy atom. The quantitative estimate of drug-likeness (QED) is 0.735. The van der Waals surface area contributed by atoms with Crippen molar-refractivity contribution in [1.29, 1.82) is 0 Å². The van der Waals surface area contributed by atoms with Crippen LogP contribution < -0.4 is 4.74 Å². The fourth-order valence-corrected chi connectivity index (χ4v) is 1.52. The summed E-state index contributed by atoms with van der Waals surface area (Å²) in [5, 5.41) is 0. The zero-order chi connectivity index (χ0) is 12.8. The van der Waals surface area contributed by atoms with Gasteiger partial charge in [0, 0.05) is 5.56 Å². The topological polar surface area (TPSA) is 48.7 Å². The Kier molecular flexibility index (Phi) is 4.15. The molecule has 18 heavy (non-hydrogen) atoms. The molecule has 0 N–H and O–H groups in total. The Labute approximate surface area is 105 Å². The molecule has 0 amide bonds. The maximum Gasteiger partial charge on any atom is 0.188 e. The van der Waals surface area contributed by atoms with Gasteiger partial charge in [0.25, 0.3) is 0 Å². The third-order valence-electron chi connectivity index (χ3n) is 2.45. The largest absolute Gasteiger partial charge is 0.497 e. The summed E-state index contributed by atoms with van der Waals surface area (Å²) in [6, 6.07) is 10.6. The van der Waals surface area contributed by atoms with E-state index >= 15 is 0 Å². The van der Waals surface area contributed by atoms with Crippen LogP contribution in [0.3, 0.4) is 0 Å². The van der Waals surface area contributed by atoms with E-state index in [1.165, 1.54) is 0 Å². The maximum absolute atomic E-state index is 11.8. The Morgan fingerprint density at radius 3 is 2.89 bits per heavy atom. The molecule has 0 saturated heterocycles. The van der Waals surface area contributed by atoms with Gasteiger partial charge in [0.05, 0.1) is 13.4 Å². The first-order valence-corrected chi connectivity index (χ1v) is 5.57. The fourth-order valence-electron chi connectivity index (χ4n) is 1.52. The van der Waals surface area contributed by atoms with Crippen LogP contribution in [0.4, 0.5) is 0 Å². The normalized spacial score (nSPS) is 10.3. The van der Waals surface area contributed by atoms with Crippen LogP contribution in [0.5, 0.6) is 5.75 Å². The summed E-state index contributed by atoms with van der Waals surface area (Å²) < 4.78 is 15.4. The van der Waals surface area contributed by atoms with Gasteiger partial charge in [-0.25, -0.2) is 0 Å². The number of benzene rings is 1. The highest BCUT2D eigenvalue weighted by molar-refractivity contribution is 5.97. The maximum atomic E-state index is 11.8. The molecule has 0 fully saturated rings. The van der Waals surface area contributed by atoms with E-state index in [4.69, 9.17) is 13.9 Å². The highest BCUT2D eigenvalue weighted by atomic mass is 16.5. The van der Waals surface area contributed by atoms with Crippen LogP contribution in [-0.4, -0.2) is 19.5 Å². The standard InChI is InChI=1S/C14H14O4/c1-16-12-5-2-4-11(8-12)14(15)10-17-9-13-6-3-7-18-13/h2-8H,9-10H2,1H3. The lowest BCUT2D eigenvalue weighted by Crippen LogP contribution is -2.09. The summed E-state index contributed by atoms with van der Waals surface area (Å²) in [6.07, 6.45) is 1.57. The van der Waals surface area contributed by atoms with E-state index in [0.717, 1.165) is 0 Å². The smallest absolute Gasteiger partial charge is 0.188 e. The molecule has 1 aromatic heterocycles. The molecule has 0 aliphatic carbocycles. The van der Waals surface area contributed by atoms with Crippen LogP contribution in [0.2, 0.25) is 0 Å².